The Morgan fingerprint density at radius 1 is 0.688 bits per heavy atom. The second-order valence-electron chi connectivity index (χ2n) is 2.49. The predicted molar refractivity (Wildman–Crippen MR) is 28.0 cm³/mol. The summed E-state index contributed by atoms with van der Waals surface area (Å²) in [6, 6.07) is 0. The van der Waals surface area contributed by atoms with Gasteiger partial charge in [0.25, 0.3) is 0 Å². The Labute approximate surface area is 81.0 Å². The van der Waals surface area contributed by atoms with Gasteiger partial charge in [-0.1, -0.05) is 0 Å². The lowest BCUT2D eigenvalue weighted by Gasteiger charge is -2.27. The summed E-state index contributed by atoms with van der Waals surface area (Å²) in [5, 5.41) is 0. The molecular formula is C5H2F10O. The highest BCUT2D eigenvalue weighted by atomic mass is 19.4. The molecule has 0 aromatic carbocycles. The highest BCUT2D eigenvalue weighted by molar-refractivity contribution is 4.85. The summed E-state index contributed by atoms with van der Waals surface area (Å²) >= 11 is 0. The standard InChI is InChI=1S/C5H2F10O/c6-2(7,8)1-16-5(14,15)3(9,10)4(11,12)13/h1H2. The first kappa shape index (κ1) is 15.3. The minimum absolute atomic E-state index is 2.26. The first-order valence-corrected chi connectivity index (χ1v) is 3.24. The third-order valence-corrected chi connectivity index (χ3v) is 1.14. The van der Waals surface area contributed by atoms with Crippen LogP contribution in [0.4, 0.5) is 43.9 Å². The van der Waals surface area contributed by atoms with E-state index in [0.29, 0.717) is 0 Å². The van der Waals surface area contributed by atoms with Gasteiger partial charge in [0.2, 0.25) is 0 Å². The number of alkyl halides is 10. The summed E-state index contributed by atoms with van der Waals surface area (Å²) in [5.74, 6) is -6.70. The Kier molecular flexibility index (Phi) is 3.75. The van der Waals surface area contributed by atoms with E-state index >= 15 is 0 Å². The zero-order valence-corrected chi connectivity index (χ0v) is 6.89. The highest BCUT2D eigenvalue weighted by Gasteiger charge is 2.74. The van der Waals surface area contributed by atoms with Crippen molar-refractivity contribution in [2.75, 3.05) is 6.61 Å². The quantitative estimate of drug-likeness (QED) is 0.713. The second kappa shape index (κ2) is 3.93. The summed E-state index contributed by atoms with van der Waals surface area (Å²) < 4.78 is 118. The van der Waals surface area contributed by atoms with Gasteiger partial charge in [-0.15, -0.1) is 0 Å². The van der Waals surface area contributed by atoms with Crippen molar-refractivity contribution in [3.63, 3.8) is 0 Å². The average Bonchev–Trinajstić information content (AvgIpc) is 1.97. The van der Waals surface area contributed by atoms with E-state index in [9.17, 15) is 43.9 Å². The van der Waals surface area contributed by atoms with Crippen molar-refractivity contribution < 1.29 is 48.6 Å². The number of hydrogen-bond acceptors (Lipinski definition) is 1. The molecule has 0 aliphatic rings. The number of ether oxygens (including phenoxy) is 1. The first-order valence-electron chi connectivity index (χ1n) is 3.24. The van der Waals surface area contributed by atoms with Crippen molar-refractivity contribution in [1.82, 2.24) is 0 Å². The topological polar surface area (TPSA) is 9.23 Å². The monoisotopic (exact) mass is 268 g/mol. The molecule has 11 heteroatoms. The van der Waals surface area contributed by atoms with Gasteiger partial charge < -0.3 is 4.74 Å². The lowest BCUT2D eigenvalue weighted by atomic mass is 10.3. The van der Waals surface area contributed by atoms with Crippen molar-refractivity contribution in [2.45, 2.75) is 24.4 Å². The summed E-state index contributed by atoms with van der Waals surface area (Å²) in [4.78, 5) is 0. The fourth-order valence-electron chi connectivity index (χ4n) is 0.428. The Hall–Kier alpha value is -0.740. The summed E-state index contributed by atoms with van der Waals surface area (Å²) in [6.07, 6.45) is -18.5. The molecule has 98 valence electrons. The lowest BCUT2D eigenvalue weighted by Crippen LogP contribution is -2.54. The van der Waals surface area contributed by atoms with Gasteiger partial charge in [0.05, 0.1) is 0 Å². The van der Waals surface area contributed by atoms with Crippen LogP contribution in [0.5, 0.6) is 0 Å². The van der Waals surface area contributed by atoms with Gasteiger partial charge >= 0.3 is 24.4 Å². The Morgan fingerprint density at radius 2 is 1.06 bits per heavy atom. The van der Waals surface area contributed by atoms with Crippen LogP contribution < -0.4 is 0 Å². The third kappa shape index (κ3) is 3.39. The number of halogens is 10. The van der Waals surface area contributed by atoms with Crippen LogP contribution in [-0.4, -0.2) is 31.0 Å². The van der Waals surface area contributed by atoms with E-state index in [1.54, 1.807) is 0 Å². The molecule has 0 aromatic rings. The van der Waals surface area contributed by atoms with E-state index in [2.05, 4.69) is 4.74 Å². The molecule has 16 heavy (non-hydrogen) atoms. The van der Waals surface area contributed by atoms with Crippen LogP contribution in [0.25, 0.3) is 0 Å². The molecule has 0 rings (SSSR count). The molecule has 0 amide bonds. The minimum Gasteiger partial charge on any atom is -0.306 e. The van der Waals surface area contributed by atoms with Crippen molar-refractivity contribution in [1.29, 1.82) is 0 Å². The van der Waals surface area contributed by atoms with Crippen LogP contribution in [0, 0.1) is 0 Å². The van der Waals surface area contributed by atoms with Crippen molar-refractivity contribution in [3.8, 4) is 0 Å². The molecule has 0 saturated heterocycles. The molecule has 0 unspecified atom stereocenters. The van der Waals surface area contributed by atoms with Gasteiger partial charge in [0.1, 0.15) is 6.61 Å². The Balaban J connectivity index is 4.79. The molecule has 0 N–H and O–H groups in total. The minimum atomic E-state index is -6.72. The lowest BCUT2D eigenvalue weighted by molar-refractivity contribution is -0.432. The largest absolute Gasteiger partial charge is 0.462 e. The fourth-order valence-corrected chi connectivity index (χ4v) is 0.428. The molecule has 0 aromatic heterocycles. The van der Waals surface area contributed by atoms with Gasteiger partial charge in [-0.25, -0.2) is 0 Å². The molecule has 0 radical (unpaired) electrons. The highest BCUT2D eigenvalue weighted by Crippen LogP contribution is 2.47. The van der Waals surface area contributed by atoms with Crippen LogP contribution in [0.1, 0.15) is 0 Å². The normalized spacial score (nSPS) is 15.4. The maximum absolute atomic E-state index is 12.0. The fraction of sp³-hybridized carbons (Fsp3) is 1.00. The zero-order valence-electron chi connectivity index (χ0n) is 6.89. The van der Waals surface area contributed by atoms with E-state index in [1.165, 1.54) is 0 Å². The molecule has 0 fully saturated rings. The third-order valence-electron chi connectivity index (χ3n) is 1.14. The van der Waals surface area contributed by atoms with E-state index in [1.807, 2.05) is 0 Å². The van der Waals surface area contributed by atoms with E-state index in [0.717, 1.165) is 0 Å². The second-order valence-corrected chi connectivity index (χ2v) is 2.49. The average molecular weight is 268 g/mol. The van der Waals surface area contributed by atoms with Gasteiger partial charge in [-0.3, -0.25) is 0 Å². The van der Waals surface area contributed by atoms with Crippen LogP contribution >= 0.6 is 0 Å². The van der Waals surface area contributed by atoms with Crippen molar-refractivity contribution in [2.24, 2.45) is 0 Å². The van der Waals surface area contributed by atoms with Crippen LogP contribution in [-0.2, 0) is 4.74 Å². The molecular weight excluding hydrogens is 266 g/mol. The van der Waals surface area contributed by atoms with E-state index in [-0.39, 0.29) is 0 Å². The molecule has 0 bridgehead atoms. The van der Waals surface area contributed by atoms with Crippen LogP contribution in [0.2, 0.25) is 0 Å². The molecule has 1 nitrogen and oxygen atoms in total. The molecule has 0 atom stereocenters. The number of rotatable bonds is 3. The molecule has 0 spiro atoms. The van der Waals surface area contributed by atoms with Crippen molar-refractivity contribution >= 4 is 0 Å². The maximum atomic E-state index is 12.0. The van der Waals surface area contributed by atoms with Gasteiger partial charge in [-0.05, 0) is 0 Å². The number of hydrogen-bond donors (Lipinski definition) is 0. The van der Waals surface area contributed by atoms with Gasteiger partial charge in [-0.2, -0.15) is 43.9 Å². The van der Waals surface area contributed by atoms with E-state index < -0.39 is 31.0 Å². The Morgan fingerprint density at radius 3 is 1.31 bits per heavy atom. The predicted octanol–water partition coefficient (Wildman–Crippen LogP) is 3.36. The maximum Gasteiger partial charge on any atom is 0.462 e. The molecule has 0 saturated carbocycles. The zero-order chi connectivity index (χ0) is 13.4. The summed E-state index contributed by atoms with van der Waals surface area (Å²) in [7, 11) is 0. The molecule has 0 heterocycles. The van der Waals surface area contributed by atoms with E-state index in [4.69, 9.17) is 0 Å². The van der Waals surface area contributed by atoms with Gasteiger partial charge in [0.15, 0.2) is 0 Å². The molecule has 0 aliphatic heterocycles. The SMILES string of the molecule is FC(F)(F)COC(F)(F)C(F)(F)C(F)(F)F. The summed E-state index contributed by atoms with van der Waals surface area (Å²) in [6.45, 7) is -2.92. The van der Waals surface area contributed by atoms with Gasteiger partial charge in [0, 0.05) is 0 Å². The Bertz CT molecular complexity index is 237. The summed E-state index contributed by atoms with van der Waals surface area (Å²) in [5.41, 5.74) is 0. The van der Waals surface area contributed by atoms with Crippen LogP contribution in [0.3, 0.4) is 0 Å². The smallest absolute Gasteiger partial charge is 0.306 e. The molecule has 0 aliphatic carbocycles. The first-order chi connectivity index (χ1) is 6.71. The van der Waals surface area contributed by atoms with Crippen LogP contribution in [0.15, 0.2) is 0 Å². The van der Waals surface area contributed by atoms with Crippen molar-refractivity contribution in [3.05, 3.63) is 0 Å².